The highest BCUT2D eigenvalue weighted by atomic mass is 16.7. The molecule has 1 aromatic heterocycles. The first-order valence-corrected chi connectivity index (χ1v) is 9.11. The second-order valence-electron chi connectivity index (χ2n) is 6.25. The molecule has 1 aliphatic heterocycles. The van der Waals surface area contributed by atoms with Gasteiger partial charge in [-0.25, -0.2) is 0 Å². The van der Waals surface area contributed by atoms with E-state index in [9.17, 15) is 4.79 Å². The van der Waals surface area contributed by atoms with Gasteiger partial charge in [0, 0.05) is 19.2 Å². The van der Waals surface area contributed by atoms with Crippen molar-refractivity contribution in [3.8, 4) is 11.5 Å². The molecule has 140 valence electrons. The number of anilines is 1. The predicted octanol–water partition coefficient (Wildman–Crippen LogP) is 2.52. The second-order valence-corrected chi connectivity index (χ2v) is 6.25. The van der Waals surface area contributed by atoms with Gasteiger partial charge in [-0.3, -0.25) is 9.48 Å². The van der Waals surface area contributed by atoms with E-state index < -0.39 is 0 Å². The zero-order valence-corrected chi connectivity index (χ0v) is 15.4. The summed E-state index contributed by atoms with van der Waals surface area (Å²) in [6.07, 6.45) is 4.63. The lowest BCUT2D eigenvalue weighted by Crippen LogP contribution is -2.27. The van der Waals surface area contributed by atoms with E-state index in [-0.39, 0.29) is 12.7 Å². The van der Waals surface area contributed by atoms with Gasteiger partial charge < -0.3 is 19.7 Å². The number of carbonyl (C=O) groups is 1. The van der Waals surface area contributed by atoms with Gasteiger partial charge in [0.2, 0.25) is 12.7 Å². The molecule has 2 aromatic rings. The lowest BCUT2D eigenvalue weighted by molar-refractivity contribution is -0.116. The molecule has 0 spiro atoms. The van der Waals surface area contributed by atoms with E-state index in [1.165, 1.54) is 0 Å². The summed E-state index contributed by atoms with van der Waals surface area (Å²) in [4.78, 5) is 14.5. The van der Waals surface area contributed by atoms with Crippen LogP contribution in [-0.4, -0.2) is 47.0 Å². The smallest absolute Gasteiger partial charge is 0.231 e. The number of benzene rings is 1. The Morgan fingerprint density at radius 1 is 1.27 bits per heavy atom. The zero-order chi connectivity index (χ0) is 18.4. The van der Waals surface area contributed by atoms with E-state index >= 15 is 0 Å². The van der Waals surface area contributed by atoms with Crippen LogP contribution in [0, 0.1) is 0 Å². The van der Waals surface area contributed by atoms with Gasteiger partial charge in [-0.1, -0.05) is 19.9 Å². The van der Waals surface area contributed by atoms with Gasteiger partial charge in [-0.15, -0.1) is 0 Å². The Labute approximate surface area is 153 Å². The largest absolute Gasteiger partial charge is 0.454 e. The molecule has 1 amide bonds. The Hall–Kier alpha value is -2.54. The van der Waals surface area contributed by atoms with Crippen LogP contribution >= 0.6 is 0 Å². The monoisotopic (exact) mass is 358 g/mol. The van der Waals surface area contributed by atoms with Crippen LogP contribution in [0.25, 0.3) is 0 Å². The van der Waals surface area contributed by atoms with Crippen molar-refractivity contribution in [3.05, 3.63) is 36.2 Å². The van der Waals surface area contributed by atoms with Crippen LogP contribution in [0.3, 0.4) is 0 Å². The highest BCUT2D eigenvalue weighted by Gasteiger charge is 2.14. The average molecular weight is 358 g/mol. The molecule has 7 heteroatoms. The molecule has 7 nitrogen and oxygen atoms in total. The van der Waals surface area contributed by atoms with Crippen molar-refractivity contribution in [1.82, 2.24) is 14.7 Å². The van der Waals surface area contributed by atoms with Crippen LogP contribution in [0.5, 0.6) is 11.5 Å². The third kappa shape index (κ3) is 4.76. The number of likely N-dealkylation sites (N-methyl/N-ethyl adjacent to an activating group) is 1. The van der Waals surface area contributed by atoms with Crippen LogP contribution in [0.15, 0.2) is 30.6 Å². The summed E-state index contributed by atoms with van der Waals surface area (Å²) in [7, 11) is 0. The fourth-order valence-corrected chi connectivity index (χ4v) is 2.91. The van der Waals surface area contributed by atoms with E-state index in [2.05, 4.69) is 29.2 Å². The summed E-state index contributed by atoms with van der Waals surface area (Å²) in [6.45, 7) is 8.39. The van der Waals surface area contributed by atoms with Crippen molar-refractivity contribution in [3.63, 3.8) is 0 Å². The Kier molecular flexibility index (Phi) is 6.12. The predicted molar refractivity (Wildman–Crippen MR) is 99.5 cm³/mol. The number of carbonyl (C=O) groups excluding carboxylic acids is 1. The number of fused-ring (bicyclic) bond motifs is 1. The first-order chi connectivity index (χ1) is 12.7. The third-order valence-electron chi connectivity index (χ3n) is 4.53. The number of ether oxygens (including phenoxy) is 2. The minimum atomic E-state index is -0.0223. The lowest BCUT2D eigenvalue weighted by atomic mass is 10.1. The SMILES string of the molecule is CCN(CC)CCn1cc(NC(=O)CCc2ccc3c(c2)OCO3)cn1. The maximum atomic E-state index is 12.2. The summed E-state index contributed by atoms with van der Waals surface area (Å²) in [6, 6.07) is 5.78. The normalized spacial score (nSPS) is 12.6. The Bertz CT molecular complexity index is 740. The summed E-state index contributed by atoms with van der Waals surface area (Å²) < 4.78 is 12.5. The summed E-state index contributed by atoms with van der Waals surface area (Å²) in [5, 5.41) is 7.22. The van der Waals surface area contributed by atoms with Crippen molar-refractivity contribution in [1.29, 1.82) is 0 Å². The van der Waals surface area contributed by atoms with Gasteiger partial charge in [0.1, 0.15) is 0 Å². The van der Waals surface area contributed by atoms with Crippen LogP contribution in [0.1, 0.15) is 25.8 Å². The molecule has 0 saturated carbocycles. The second kappa shape index (κ2) is 8.71. The molecular formula is C19H26N4O3. The van der Waals surface area contributed by atoms with Gasteiger partial charge in [-0.05, 0) is 37.2 Å². The number of rotatable bonds is 9. The fourth-order valence-electron chi connectivity index (χ4n) is 2.91. The van der Waals surface area contributed by atoms with E-state index in [0.29, 0.717) is 12.8 Å². The summed E-state index contributed by atoms with van der Waals surface area (Å²) in [5.41, 5.74) is 1.79. The van der Waals surface area contributed by atoms with Gasteiger partial charge in [0.05, 0.1) is 18.4 Å². The molecule has 0 bridgehead atoms. The highest BCUT2D eigenvalue weighted by Crippen LogP contribution is 2.32. The summed E-state index contributed by atoms with van der Waals surface area (Å²) in [5.74, 6) is 1.48. The molecule has 0 unspecified atom stereocenters. The molecule has 0 fully saturated rings. The molecular weight excluding hydrogens is 332 g/mol. The molecule has 0 aliphatic carbocycles. The molecule has 26 heavy (non-hydrogen) atoms. The van der Waals surface area contributed by atoms with Crippen molar-refractivity contribution < 1.29 is 14.3 Å². The van der Waals surface area contributed by atoms with Gasteiger partial charge in [0.25, 0.3) is 0 Å². The molecule has 3 rings (SSSR count). The number of nitrogens with one attached hydrogen (secondary N) is 1. The lowest BCUT2D eigenvalue weighted by Gasteiger charge is -2.17. The number of nitrogens with zero attached hydrogens (tertiary/aromatic N) is 3. The van der Waals surface area contributed by atoms with E-state index in [4.69, 9.17) is 9.47 Å². The standard InChI is InChI=1S/C19H26N4O3/c1-3-22(4-2)9-10-23-13-16(12-20-23)21-19(24)8-6-15-5-7-17-18(11-15)26-14-25-17/h5,7,11-13H,3-4,6,8-10,14H2,1-2H3,(H,21,24). The molecule has 0 atom stereocenters. The number of aromatic nitrogens is 2. The topological polar surface area (TPSA) is 68.6 Å². The molecule has 0 saturated heterocycles. The van der Waals surface area contributed by atoms with Gasteiger partial charge in [0.15, 0.2) is 11.5 Å². The van der Waals surface area contributed by atoms with Crippen molar-refractivity contribution in [2.75, 3.05) is 31.7 Å². The number of aryl methyl sites for hydroxylation is 1. The van der Waals surface area contributed by atoms with Crippen LogP contribution in [-0.2, 0) is 17.8 Å². The molecule has 1 N–H and O–H groups in total. The Balaban J connectivity index is 1.45. The Morgan fingerprint density at radius 3 is 2.88 bits per heavy atom. The number of hydrogen-bond donors (Lipinski definition) is 1. The van der Waals surface area contributed by atoms with Crippen LogP contribution < -0.4 is 14.8 Å². The number of hydrogen-bond acceptors (Lipinski definition) is 5. The molecule has 2 heterocycles. The first-order valence-electron chi connectivity index (χ1n) is 9.11. The molecule has 1 aromatic carbocycles. The Morgan fingerprint density at radius 2 is 2.08 bits per heavy atom. The summed E-state index contributed by atoms with van der Waals surface area (Å²) >= 11 is 0. The minimum absolute atomic E-state index is 0.0223. The fraction of sp³-hybridized carbons (Fsp3) is 0.474. The first kappa shape index (κ1) is 18.3. The van der Waals surface area contributed by atoms with Crippen LogP contribution in [0.2, 0.25) is 0 Å². The minimum Gasteiger partial charge on any atom is -0.454 e. The van der Waals surface area contributed by atoms with Gasteiger partial charge >= 0.3 is 0 Å². The quantitative estimate of drug-likeness (QED) is 0.746. The van der Waals surface area contributed by atoms with Crippen molar-refractivity contribution in [2.24, 2.45) is 0 Å². The zero-order valence-electron chi connectivity index (χ0n) is 15.4. The maximum absolute atomic E-state index is 12.2. The maximum Gasteiger partial charge on any atom is 0.231 e. The molecule has 1 aliphatic rings. The van der Waals surface area contributed by atoms with Crippen molar-refractivity contribution in [2.45, 2.75) is 33.2 Å². The third-order valence-corrected chi connectivity index (χ3v) is 4.53. The number of amides is 1. The molecule has 0 radical (unpaired) electrons. The van der Waals surface area contributed by atoms with E-state index in [0.717, 1.165) is 48.9 Å². The highest BCUT2D eigenvalue weighted by molar-refractivity contribution is 5.90. The van der Waals surface area contributed by atoms with Crippen LogP contribution in [0.4, 0.5) is 5.69 Å². The van der Waals surface area contributed by atoms with Crippen molar-refractivity contribution >= 4 is 11.6 Å². The van der Waals surface area contributed by atoms with E-state index in [1.807, 2.05) is 29.1 Å². The van der Waals surface area contributed by atoms with E-state index in [1.54, 1.807) is 6.20 Å². The average Bonchev–Trinajstić information content (AvgIpc) is 3.29. The van der Waals surface area contributed by atoms with Gasteiger partial charge in [-0.2, -0.15) is 5.10 Å².